The van der Waals surface area contributed by atoms with E-state index in [1.54, 1.807) is 12.1 Å². The van der Waals surface area contributed by atoms with Crippen molar-refractivity contribution >= 4 is 5.69 Å². The Morgan fingerprint density at radius 3 is 3.00 bits per heavy atom. The predicted octanol–water partition coefficient (Wildman–Crippen LogP) is 2.55. The standard InChI is InChI=1S/C15H23FN2O/c1-2-4-17-12-13-9-14(16)11-15(10-13)18-5-3-7-19-8-6-18/h9-11,17H,2-8,12H2,1H3. The molecule has 1 saturated heterocycles. The first kappa shape index (κ1) is 14.3. The molecule has 0 saturated carbocycles. The van der Waals surface area contributed by atoms with E-state index < -0.39 is 0 Å². The van der Waals surface area contributed by atoms with Crippen LogP contribution >= 0.6 is 0 Å². The number of nitrogens with one attached hydrogen (secondary N) is 1. The molecular formula is C15H23FN2O. The van der Waals surface area contributed by atoms with E-state index in [1.165, 1.54) is 0 Å². The SMILES string of the molecule is CCCNCc1cc(F)cc(N2CCCOCC2)c1. The van der Waals surface area contributed by atoms with E-state index in [0.29, 0.717) is 0 Å². The van der Waals surface area contributed by atoms with Gasteiger partial charge in [-0.25, -0.2) is 4.39 Å². The van der Waals surface area contributed by atoms with Crippen molar-refractivity contribution in [3.63, 3.8) is 0 Å². The first-order chi connectivity index (χ1) is 9.29. The Bertz CT molecular complexity index is 390. The van der Waals surface area contributed by atoms with Gasteiger partial charge in [-0.15, -0.1) is 0 Å². The Kier molecular flexibility index (Phi) is 5.61. The number of hydrogen-bond acceptors (Lipinski definition) is 3. The van der Waals surface area contributed by atoms with Crippen molar-refractivity contribution in [3.05, 3.63) is 29.6 Å². The highest BCUT2D eigenvalue weighted by atomic mass is 19.1. The molecule has 0 bridgehead atoms. The van der Waals surface area contributed by atoms with E-state index in [-0.39, 0.29) is 5.82 Å². The van der Waals surface area contributed by atoms with E-state index in [1.807, 2.05) is 0 Å². The number of rotatable bonds is 5. The van der Waals surface area contributed by atoms with Crippen LogP contribution in [0.4, 0.5) is 10.1 Å². The molecule has 19 heavy (non-hydrogen) atoms. The molecule has 0 unspecified atom stereocenters. The number of hydrogen-bond donors (Lipinski definition) is 1. The van der Waals surface area contributed by atoms with Gasteiger partial charge in [-0.05, 0) is 43.1 Å². The third-order valence-corrected chi connectivity index (χ3v) is 3.29. The molecule has 1 aliphatic heterocycles. The van der Waals surface area contributed by atoms with E-state index in [9.17, 15) is 4.39 Å². The molecule has 0 amide bonds. The second-order valence-corrected chi connectivity index (χ2v) is 4.95. The Morgan fingerprint density at radius 1 is 1.26 bits per heavy atom. The summed E-state index contributed by atoms with van der Waals surface area (Å²) >= 11 is 0. The minimum Gasteiger partial charge on any atom is -0.380 e. The van der Waals surface area contributed by atoms with Crippen LogP contribution in [0, 0.1) is 5.82 Å². The quantitative estimate of drug-likeness (QED) is 0.829. The van der Waals surface area contributed by atoms with Crippen molar-refractivity contribution in [2.75, 3.05) is 37.7 Å². The summed E-state index contributed by atoms with van der Waals surface area (Å²) in [5, 5.41) is 3.31. The van der Waals surface area contributed by atoms with E-state index in [2.05, 4.69) is 23.2 Å². The smallest absolute Gasteiger partial charge is 0.125 e. The molecule has 2 rings (SSSR count). The molecule has 4 heteroatoms. The maximum Gasteiger partial charge on any atom is 0.125 e. The highest BCUT2D eigenvalue weighted by Gasteiger charge is 2.11. The lowest BCUT2D eigenvalue weighted by atomic mass is 10.1. The van der Waals surface area contributed by atoms with Gasteiger partial charge in [0, 0.05) is 31.9 Å². The molecule has 1 aromatic rings. The minimum absolute atomic E-state index is 0.157. The number of anilines is 1. The van der Waals surface area contributed by atoms with Crippen LogP contribution in [0.1, 0.15) is 25.3 Å². The average molecular weight is 266 g/mol. The summed E-state index contributed by atoms with van der Waals surface area (Å²) in [6.07, 6.45) is 2.09. The van der Waals surface area contributed by atoms with Crippen molar-refractivity contribution in [1.82, 2.24) is 5.32 Å². The highest BCUT2D eigenvalue weighted by Crippen LogP contribution is 2.20. The van der Waals surface area contributed by atoms with Gasteiger partial charge in [-0.3, -0.25) is 0 Å². The van der Waals surface area contributed by atoms with Crippen LogP contribution in [0.3, 0.4) is 0 Å². The van der Waals surface area contributed by atoms with Gasteiger partial charge in [0.1, 0.15) is 5.82 Å². The van der Waals surface area contributed by atoms with Crippen molar-refractivity contribution < 1.29 is 9.13 Å². The summed E-state index contributed by atoms with van der Waals surface area (Å²) in [6.45, 7) is 7.11. The van der Waals surface area contributed by atoms with Crippen LogP contribution in [0.2, 0.25) is 0 Å². The molecule has 0 radical (unpaired) electrons. The van der Waals surface area contributed by atoms with E-state index in [4.69, 9.17) is 4.74 Å². The fourth-order valence-corrected chi connectivity index (χ4v) is 2.33. The van der Waals surface area contributed by atoms with Crippen LogP contribution in [-0.4, -0.2) is 32.8 Å². The molecule has 3 nitrogen and oxygen atoms in total. The third-order valence-electron chi connectivity index (χ3n) is 3.29. The normalized spacial score (nSPS) is 16.4. The minimum atomic E-state index is -0.157. The number of halogens is 1. The molecule has 0 aromatic heterocycles. The second kappa shape index (κ2) is 7.46. The molecular weight excluding hydrogens is 243 g/mol. The summed E-state index contributed by atoms with van der Waals surface area (Å²) in [7, 11) is 0. The molecule has 0 spiro atoms. The van der Waals surface area contributed by atoms with Crippen LogP contribution < -0.4 is 10.2 Å². The number of ether oxygens (including phenoxy) is 1. The van der Waals surface area contributed by atoms with Gasteiger partial charge < -0.3 is 15.0 Å². The van der Waals surface area contributed by atoms with Gasteiger partial charge in [-0.2, -0.15) is 0 Å². The monoisotopic (exact) mass is 266 g/mol. The topological polar surface area (TPSA) is 24.5 Å². The van der Waals surface area contributed by atoms with Crippen LogP contribution in [-0.2, 0) is 11.3 Å². The summed E-state index contributed by atoms with van der Waals surface area (Å²) in [5.41, 5.74) is 1.98. The molecule has 0 aliphatic carbocycles. The zero-order valence-electron chi connectivity index (χ0n) is 11.6. The summed E-state index contributed by atoms with van der Waals surface area (Å²) in [6, 6.07) is 5.31. The summed E-state index contributed by atoms with van der Waals surface area (Å²) < 4.78 is 19.1. The van der Waals surface area contributed by atoms with Gasteiger partial charge in [0.25, 0.3) is 0 Å². The maximum atomic E-state index is 13.7. The van der Waals surface area contributed by atoms with E-state index >= 15 is 0 Å². The lowest BCUT2D eigenvalue weighted by Gasteiger charge is -2.22. The van der Waals surface area contributed by atoms with Crippen LogP contribution in [0.15, 0.2) is 18.2 Å². The molecule has 1 heterocycles. The first-order valence-corrected chi connectivity index (χ1v) is 7.12. The van der Waals surface area contributed by atoms with Crippen LogP contribution in [0.25, 0.3) is 0 Å². The summed E-state index contributed by atoms with van der Waals surface area (Å²) in [5.74, 6) is -0.157. The molecule has 1 aliphatic rings. The van der Waals surface area contributed by atoms with Crippen molar-refractivity contribution in [1.29, 1.82) is 0 Å². The number of benzene rings is 1. The fraction of sp³-hybridized carbons (Fsp3) is 0.600. The van der Waals surface area contributed by atoms with Gasteiger partial charge in [0.05, 0.1) is 6.61 Å². The third kappa shape index (κ3) is 4.48. The van der Waals surface area contributed by atoms with Gasteiger partial charge in [0.15, 0.2) is 0 Å². The molecule has 1 aromatic carbocycles. The molecule has 0 atom stereocenters. The first-order valence-electron chi connectivity index (χ1n) is 7.12. The van der Waals surface area contributed by atoms with Crippen molar-refractivity contribution in [2.45, 2.75) is 26.3 Å². The predicted molar refractivity (Wildman–Crippen MR) is 76.0 cm³/mol. The van der Waals surface area contributed by atoms with Crippen LogP contribution in [0.5, 0.6) is 0 Å². The van der Waals surface area contributed by atoms with Gasteiger partial charge in [0.2, 0.25) is 0 Å². The Labute approximate surface area is 114 Å². The number of nitrogens with zero attached hydrogens (tertiary/aromatic N) is 1. The lowest BCUT2D eigenvalue weighted by Crippen LogP contribution is -2.26. The fourth-order valence-electron chi connectivity index (χ4n) is 2.33. The van der Waals surface area contributed by atoms with Crippen molar-refractivity contribution in [2.24, 2.45) is 0 Å². The zero-order chi connectivity index (χ0) is 13.5. The summed E-state index contributed by atoms with van der Waals surface area (Å²) in [4.78, 5) is 2.21. The van der Waals surface area contributed by atoms with E-state index in [0.717, 1.165) is 63.5 Å². The Balaban J connectivity index is 2.06. The Hall–Kier alpha value is -1.13. The lowest BCUT2D eigenvalue weighted by molar-refractivity contribution is 0.152. The molecule has 106 valence electrons. The maximum absolute atomic E-state index is 13.7. The zero-order valence-corrected chi connectivity index (χ0v) is 11.6. The molecule has 1 fully saturated rings. The van der Waals surface area contributed by atoms with Crippen molar-refractivity contribution in [3.8, 4) is 0 Å². The van der Waals surface area contributed by atoms with Gasteiger partial charge in [-0.1, -0.05) is 6.92 Å². The molecule has 1 N–H and O–H groups in total. The Morgan fingerprint density at radius 2 is 2.16 bits per heavy atom. The van der Waals surface area contributed by atoms with Gasteiger partial charge >= 0.3 is 0 Å². The largest absolute Gasteiger partial charge is 0.380 e. The average Bonchev–Trinajstić information content (AvgIpc) is 2.67. The highest BCUT2D eigenvalue weighted by molar-refractivity contribution is 5.49. The second-order valence-electron chi connectivity index (χ2n) is 4.95.